The summed E-state index contributed by atoms with van der Waals surface area (Å²) in [6.07, 6.45) is 2.57. The van der Waals surface area contributed by atoms with Crippen LogP contribution in [0, 0.1) is 0 Å². The molecule has 0 bridgehead atoms. The average molecular weight is 360 g/mol. The summed E-state index contributed by atoms with van der Waals surface area (Å²) >= 11 is 6.22. The fourth-order valence-corrected chi connectivity index (χ4v) is 3.85. The Hall–Kier alpha value is -2.04. The van der Waals surface area contributed by atoms with Crippen molar-refractivity contribution in [3.8, 4) is 5.75 Å². The van der Waals surface area contributed by atoms with Gasteiger partial charge in [0.1, 0.15) is 11.8 Å². The summed E-state index contributed by atoms with van der Waals surface area (Å²) in [5, 5.41) is 10.4. The van der Waals surface area contributed by atoms with E-state index in [-0.39, 0.29) is 6.04 Å². The van der Waals surface area contributed by atoms with E-state index in [0.717, 1.165) is 36.3 Å². The third-order valence-corrected chi connectivity index (χ3v) is 4.99. The van der Waals surface area contributed by atoms with Crippen LogP contribution >= 0.6 is 11.6 Å². The molecule has 2 aromatic rings. The fraction of sp³-hybridized carbons (Fsp3) is 0.350. The Morgan fingerprint density at radius 2 is 2.04 bits per heavy atom. The minimum atomic E-state index is -0.776. The maximum atomic E-state index is 11.9. The molecule has 25 heavy (non-hydrogen) atoms. The number of carbonyl (C=O) groups is 1. The van der Waals surface area contributed by atoms with Crippen LogP contribution in [-0.4, -0.2) is 35.7 Å². The third-order valence-electron chi connectivity index (χ3n) is 4.76. The summed E-state index contributed by atoms with van der Waals surface area (Å²) < 4.78 is 5.56. The number of likely N-dealkylation sites (tertiary alicyclic amines) is 1. The van der Waals surface area contributed by atoms with Crippen LogP contribution in [0.1, 0.15) is 36.4 Å². The lowest BCUT2D eigenvalue weighted by Gasteiger charge is -2.40. The first-order chi connectivity index (χ1) is 12.1. The van der Waals surface area contributed by atoms with Crippen molar-refractivity contribution in [2.24, 2.45) is 0 Å². The summed E-state index contributed by atoms with van der Waals surface area (Å²) in [5.74, 6) is -0.0242. The highest BCUT2D eigenvalue weighted by Crippen LogP contribution is 2.38. The van der Waals surface area contributed by atoms with Gasteiger partial charge in [0, 0.05) is 10.6 Å². The molecular weight excluding hydrogens is 338 g/mol. The van der Waals surface area contributed by atoms with E-state index in [1.165, 1.54) is 0 Å². The molecule has 0 spiro atoms. The van der Waals surface area contributed by atoms with Gasteiger partial charge in [-0.05, 0) is 43.1 Å². The zero-order chi connectivity index (χ0) is 17.8. The molecule has 1 N–H and O–H groups in total. The number of piperidine rings is 1. The normalized spacial score (nSPS) is 19.4. The van der Waals surface area contributed by atoms with Gasteiger partial charge >= 0.3 is 5.97 Å². The molecule has 1 fully saturated rings. The average Bonchev–Trinajstić information content (AvgIpc) is 2.63. The summed E-state index contributed by atoms with van der Waals surface area (Å²) in [5.41, 5.74) is 1.94. The van der Waals surface area contributed by atoms with E-state index in [9.17, 15) is 9.90 Å². The maximum absolute atomic E-state index is 11.9. The largest absolute Gasteiger partial charge is 0.496 e. The minimum Gasteiger partial charge on any atom is -0.496 e. The van der Waals surface area contributed by atoms with Crippen LogP contribution in [-0.2, 0) is 4.79 Å². The predicted molar refractivity (Wildman–Crippen MR) is 98.3 cm³/mol. The van der Waals surface area contributed by atoms with E-state index in [4.69, 9.17) is 16.3 Å². The number of methoxy groups -OCH3 is 1. The summed E-state index contributed by atoms with van der Waals surface area (Å²) in [4.78, 5) is 13.9. The predicted octanol–water partition coefficient (Wildman–Crippen LogP) is 4.38. The Balaban J connectivity index is 2.13. The van der Waals surface area contributed by atoms with Crippen LogP contribution in [0.25, 0.3) is 0 Å². The first-order valence-corrected chi connectivity index (χ1v) is 8.86. The molecule has 0 radical (unpaired) electrons. The number of halogens is 1. The van der Waals surface area contributed by atoms with Gasteiger partial charge in [-0.2, -0.15) is 0 Å². The van der Waals surface area contributed by atoms with E-state index < -0.39 is 12.0 Å². The van der Waals surface area contributed by atoms with Gasteiger partial charge in [0.25, 0.3) is 0 Å². The van der Waals surface area contributed by atoms with Crippen molar-refractivity contribution in [2.45, 2.75) is 31.3 Å². The van der Waals surface area contributed by atoms with E-state index >= 15 is 0 Å². The molecular formula is C20H22ClNO3. The number of rotatable bonds is 5. The molecule has 2 unspecified atom stereocenters. The van der Waals surface area contributed by atoms with Gasteiger partial charge in [0.05, 0.1) is 13.2 Å². The molecule has 1 aliphatic heterocycles. The van der Waals surface area contributed by atoms with Crippen molar-refractivity contribution in [2.75, 3.05) is 13.7 Å². The Morgan fingerprint density at radius 1 is 1.24 bits per heavy atom. The standard InChI is InChI=1S/C20H22ClNO3/c1-25-18-11-3-2-9-16(18)19(14-7-6-8-15(21)13-14)22-12-5-4-10-17(22)20(23)24/h2-3,6-9,11,13,17,19H,4-5,10,12H2,1H3,(H,23,24). The maximum Gasteiger partial charge on any atom is 0.320 e. The number of hydrogen-bond donors (Lipinski definition) is 1. The second-order valence-electron chi connectivity index (χ2n) is 6.29. The summed E-state index contributed by atoms with van der Waals surface area (Å²) in [7, 11) is 1.64. The Bertz CT molecular complexity index is 749. The van der Waals surface area contributed by atoms with Crippen LogP contribution in [0.5, 0.6) is 5.75 Å². The number of hydrogen-bond acceptors (Lipinski definition) is 3. The number of aliphatic carboxylic acids is 1. The van der Waals surface area contributed by atoms with Gasteiger partial charge in [-0.15, -0.1) is 0 Å². The Labute approximate surface area is 153 Å². The summed E-state index contributed by atoms with van der Waals surface area (Å²) in [6.45, 7) is 0.728. The molecule has 1 heterocycles. The van der Waals surface area contributed by atoms with Crippen LogP contribution in [0.15, 0.2) is 48.5 Å². The quantitative estimate of drug-likeness (QED) is 0.860. The van der Waals surface area contributed by atoms with Crippen molar-refractivity contribution in [3.05, 3.63) is 64.7 Å². The number of carboxylic acid groups (broad SMARTS) is 1. The first-order valence-electron chi connectivity index (χ1n) is 8.48. The first kappa shape index (κ1) is 17.8. The zero-order valence-electron chi connectivity index (χ0n) is 14.2. The van der Waals surface area contributed by atoms with E-state index in [0.29, 0.717) is 11.4 Å². The lowest BCUT2D eigenvalue weighted by Crippen LogP contribution is -2.46. The van der Waals surface area contributed by atoms with E-state index in [1.54, 1.807) is 7.11 Å². The summed E-state index contributed by atoms with van der Waals surface area (Å²) in [6, 6.07) is 14.7. The topological polar surface area (TPSA) is 49.8 Å². The van der Waals surface area contributed by atoms with Crippen LogP contribution in [0.2, 0.25) is 5.02 Å². The molecule has 0 aromatic heterocycles. The molecule has 1 aliphatic rings. The van der Waals surface area contributed by atoms with Gasteiger partial charge < -0.3 is 9.84 Å². The van der Waals surface area contributed by atoms with Gasteiger partial charge in [0.15, 0.2) is 0 Å². The number of ether oxygens (including phenoxy) is 1. The van der Waals surface area contributed by atoms with Crippen LogP contribution < -0.4 is 4.74 Å². The second-order valence-corrected chi connectivity index (χ2v) is 6.72. The van der Waals surface area contributed by atoms with Gasteiger partial charge in [0.2, 0.25) is 0 Å². The Morgan fingerprint density at radius 3 is 2.76 bits per heavy atom. The SMILES string of the molecule is COc1ccccc1C(c1cccc(Cl)c1)N1CCCCC1C(=O)O. The lowest BCUT2D eigenvalue weighted by atomic mass is 9.91. The van der Waals surface area contributed by atoms with Crippen molar-refractivity contribution in [3.63, 3.8) is 0 Å². The van der Waals surface area contributed by atoms with Gasteiger partial charge in [-0.3, -0.25) is 9.69 Å². The number of carboxylic acids is 1. The molecule has 1 saturated heterocycles. The molecule has 2 aromatic carbocycles. The molecule has 0 aliphatic carbocycles. The van der Waals surface area contributed by atoms with Crippen molar-refractivity contribution in [1.82, 2.24) is 4.90 Å². The second kappa shape index (κ2) is 7.89. The van der Waals surface area contributed by atoms with E-state index in [1.807, 2.05) is 48.5 Å². The highest BCUT2D eigenvalue weighted by atomic mass is 35.5. The van der Waals surface area contributed by atoms with Crippen LogP contribution in [0.4, 0.5) is 0 Å². The third kappa shape index (κ3) is 3.80. The molecule has 0 amide bonds. The number of para-hydroxylation sites is 1. The monoisotopic (exact) mass is 359 g/mol. The minimum absolute atomic E-state index is 0.212. The molecule has 2 atom stereocenters. The number of nitrogens with zero attached hydrogens (tertiary/aromatic N) is 1. The van der Waals surface area contributed by atoms with Crippen molar-refractivity contribution in [1.29, 1.82) is 0 Å². The highest BCUT2D eigenvalue weighted by Gasteiger charge is 2.36. The Kier molecular flexibility index (Phi) is 5.61. The van der Waals surface area contributed by atoms with Gasteiger partial charge in [-0.25, -0.2) is 0 Å². The molecule has 3 rings (SSSR count). The fourth-order valence-electron chi connectivity index (χ4n) is 3.65. The molecule has 132 valence electrons. The highest BCUT2D eigenvalue weighted by molar-refractivity contribution is 6.30. The smallest absolute Gasteiger partial charge is 0.320 e. The zero-order valence-corrected chi connectivity index (χ0v) is 14.9. The lowest BCUT2D eigenvalue weighted by molar-refractivity contribution is -0.145. The van der Waals surface area contributed by atoms with Crippen molar-refractivity contribution >= 4 is 17.6 Å². The molecule has 0 saturated carbocycles. The van der Waals surface area contributed by atoms with Gasteiger partial charge in [-0.1, -0.05) is 48.4 Å². The number of benzene rings is 2. The molecule has 5 heteroatoms. The van der Waals surface area contributed by atoms with Crippen LogP contribution in [0.3, 0.4) is 0 Å². The van der Waals surface area contributed by atoms with E-state index in [2.05, 4.69) is 4.90 Å². The molecule has 4 nitrogen and oxygen atoms in total. The van der Waals surface area contributed by atoms with Crippen molar-refractivity contribution < 1.29 is 14.6 Å².